The minimum atomic E-state index is 0.338. The molecule has 1 heterocycles. The third kappa shape index (κ3) is 4.30. The molecule has 1 aliphatic heterocycles. The Morgan fingerprint density at radius 3 is 2.42 bits per heavy atom. The highest BCUT2D eigenvalue weighted by atomic mass is 16.5. The number of morpholine rings is 1. The number of nitrogens with one attached hydrogen (secondary N) is 1. The van der Waals surface area contributed by atoms with Crippen LogP contribution in [0.15, 0.2) is 24.3 Å². The van der Waals surface area contributed by atoms with Gasteiger partial charge in [-0.3, -0.25) is 4.90 Å². The van der Waals surface area contributed by atoms with E-state index in [0.717, 1.165) is 32.7 Å². The van der Waals surface area contributed by atoms with E-state index in [2.05, 4.69) is 55.3 Å². The molecule has 0 amide bonds. The summed E-state index contributed by atoms with van der Waals surface area (Å²) in [5.41, 5.74) is 2.85. The quantitative estimate of drug-likeness (QED) is 0.882. The zero-order valence-corrected chi connectivity index (χ0v) is 12.4. The fourth-order valence-electron chi connectivity index (χ4n) is 2.80. The standard InChI is InChI=1S/C16H26N2O/c1-4-17-9-15-7-5-6-8-16(15)12-18-10-13(2)19-14(3)11-18/h5-8,13-14,17H,4,9-12H2,1-3H3. The van der Waals surface area contributed by atoms with Gasteiger partial charge in [-0.15, -0.1) is 0 Å². The lowest BCUT2D eigenvalue weighted by Crippen LogP contribution is -2.45. The van der Waals surface area contributed by atoms with Crippen molar-refractivity contribution in [1.29, 1.82) is 0 Å². The topological polar surface area (TPSA) is 24.5 Å². The van der Waals surface area contributed by atoms with Gasteiger partial charge in [0.25, 0.3) is 0 Å². The van der Waals surface area contributed by atoms with Crippen LogP contribution in [0.2, 0.25) is 0 Å². The van der Waals surface area contributed by atoms with E-state index < -0.39 is 0 Å². The Kier molecular flexibility index (Phi) is 5.37. The van der Waals surface area contributed by atoms with E-state index in [9.17, 15) is 0 Å². The second-order valence-electron chi connectivity index (χ2n) is 5.50. The van der Waals surface area contributed by atoms with Crippen molar-refractivity contribution >= 4 is 0 Å². The van der Waals surface area contributed by atoms with E-state index in [4.69, 9.17) is 4.74 Å². The Morgan fingerprint density at radius 1 is 1.16 bits per heavy atom. The van der Waals surface area contributed by atoms with Crippen molar-refractivity contribution in [1.82, 2.24) is 10.2 Å². The summed E-state index contributed by atoms with van der Waals surface area (Å²) in [5.74, 6) is 0. The predicted octanol–water partition coefficient (Wildman–Crippen LogP) is 2.41. The smallest absolute Gasteiger partial charge is 0.0678 e. The molecule has 0 bridgehead atoms. The van der Waals surface area contributed by atoms with E-state index in [1.165, 1.54) is 11.1 Å². The molecule has 106 valence electrons. The Morgan fingerprint density at radius 2 is 1.79 bits per heavy atom. The summed E-state index contributed by atoms with van der Waals surface area (Å²) in [4.78, 5) is 2.50. The van der Waals surface area contributed by atoms with Crippen molar-refractivity contribution in [3.8, 4) is 0 Å². The lowest BCUT2D eigenvalue weighted by Gasteiger charge is -2.35. The predicted molar refractivity (Wildman–Crippen MR) is 79.1 cm³/mol. The van der Waals surface area contributed by atoms with Gasteiger partial charge in [-0.1, -0.05) is 31.2 Å². The molecule has 1 N–H and O–H groups in total. The highest BCUT2D eigenvalue weighted by Gasteiger charge is 2.22. The van der Waals surface area contributed by atoms with Crippen molar-refractivity contribution in [2.75, 3.05) is 19.6 Å². The molecular weight excluding hydrogens is 236 g/mol. The van der Waals surface area contributed by atoms with Gasteiger partial charge in [-0.05, 0) is 31.5 Å². The lowest BCUT2D eigenvalue weighted by atomic mass is 10.1. The fourth-order valence-corrected chi connectivity index (χ4v) is 2.80. The summed E-state index contributed by atoms with van der Waals surface area (Å²) in [5, 5.41) is 3.42. The van der Waals surface area contributed by atoms with Crippen LogP contribution in [-0.2, 0) is 17.8 Å². The highest BCUT2D eigenvalue weighted by molar-refractivity contribution is 5.27. The minimum absolute atomic E-state index is 0.338. The van der Waals surface area contributed by atoms with Crippen molar-refractivity contribution in [2.45, 2.75) is 46.1 Å². The normalized spacial score (nSPS) is 24.6. The van der Waals surface area contributed by atoms with Gasteiger partial charge in [0.2, 0.25) is 0 Å². The molecule has 3 heteroatoms. The molecule has 0 aliphatic carbocycles. The molecule has 2 rings (SSSR count). The van der Waals surface area contributed by atoms with E-state index in [1.807, 2.05) is 0 Å². The van der Waals surface area contributed by atoms with Gasteiger partial charge in [-0.2, -0.15) is 0 Å². The van der Waals surface area contributed by atoms with Gasteiger partial charge >= 0.3 is 0 Å². The van der Waals surface area contributed by atoms with Gasteiger partial charge in [0.05, 0.1) is 12.2 Å². The highest BCUT2D eigenvalue weighted by Crippen LogP contribution is 2.16. The van der Waals surface area contributed by atoms with Gasteiger partial charge in [0.15, 0.2) is 0 Å². The van der Waals surface area contributed by atoms with Crippen LogP contribution < -0.4 is 5.32 Å². The van der Waals surface area contributed by atoms with E-state index in [0.29, 0.717) is 12.2 Å². The number of hydrogen-bond acceptors (Lipinski definition) is 3. The van der Waals surface area contributed by atoms with Crippen molar-refractivity contribution in [3.05, 3.63) is 35.4 Å². The van der Waals surface area contributed by atoms with Crippen LogP contribution in [0.1, 0.15) is 31.9 Å². The first kappa shape index (κ1) is 14.5. The van der Waals surface area contributed by atoms with Gasteiger partial charge in [0.1, 0.15) is 0 Å². The summed E-state index contributed by atoms with van der Waals surface area (Å²) in [6.45, 7) is 11.5. The molecule has 1 aromatic rings. The molecule has 0 spiro atoms. The third-order valence-electron chi connectivity index (χ3n) is 3.57. The lowest BCUT2D eigenvalue weighted by molar-refractivity contribution is -0.0705. The average molecular weight is 262 g/mol. The maximum atomic E-state index is 5.80. The van der Waals surface area contributed by atoms with Crippen LogP contribution >= 0.6 is 0 Å². The Hall–Kier alpha value is -0.900. The van der Waals surface area contributed by atoms with Crippen molar-refractivity contribution < 1.29 is 4.74 Å². The molecule has 1 aliphatic rings. The number of nitrogens with zero attached hydrogens (tertiary/aromatic N) is 1. The molecular formula is C16H26N2O. The maximum Gasteiger partial charge on any atom is 0.0678 e. The third-order valence-corrected chi connectivity index (χ3v) is 3.57. The van der Waals surface area contributed by atoms with Crippen LogP contribution in [0.25, 0.3) is 0 Å². The molecule has 1 fully saturated rings. The van der Waals surface area contributed by atoms with Crippen molar-refractivity contribution in [2.24, 2.45) is 0 Å². The molecule has 2 atom stereocenters. The van der Waals surface area contributed by atoms with Crippen LogP contribution in [0.5, 0.6) is 0 Å². The van der Waals surface area contributed by atoms with E-state index in [1.54, 1.807) is 0 Å². The average Bonchev–Trinajstić information content (AvgIpc) is 2.36. The Labute approximate surface area is 116 Å². The van der Waals surface area contributed by atoms with Gasteiger partial charge in [-0.25, -0.2) is 0 Å². The molecule has 19 heavy (non-hydrogen) atoms. The summed E-state index contributed by atoms with van der Waals surface area (Å²) >= 11 is 0. The molecule has 0 radical (unpaired) electrons. The zero-order chi connectivity index (χ0) is 13.7. The Balaban J connectivity index is 2.01. The van der Waals surface area contributed by atoms with Gasteiger partial charge < -0.3 is 10.1 Å². The number of rotatable bonds is 5. The fraction of sp³-hybridized carbons (Fsp3) is 0.625. The number of benzene rings is 1. The summed E-state index contributed by atoms with van der Waals surface area (Å²) < 4.78 is 5.80. The first-order chi connectivity index (χ1) is 9.19. The molecule has 3 nitrogen and oxygen atoms in total. The largest absolute Gasteiger partial charge is 0.373 e. The van der Waals surface area contributed by atoms with E-state index >= 15 is 0 Å². The maximum absolute atomic E-state index is 5.80. The molecule has 2 unspecified atom stereocenters. The molecule has 0 aromatic heterocycles. The molecule has 1 aromatic carbocycles. The van der Waals surface area contributed by atoms with Crippen LogP contribution in [-0.4, -0.2) is 36.7 Å². The Bertz CT molecular complexity index is 384. The SMILES string of the molecule is CCNCc1ccccc1CN1CC(C)OC(C)C1. The van der Waals surface area contributed by atoms with E-state index in [-0.39, 0.29) is 0 Å². The monoisotopic (exact) mass is 262 g/mol. The second-order valence-corrected chi connectivity index (χ2v) is 5.50. The van der Waals surface area contributed by atoms with Crippen LogP contribution in [0, 0.1) is 0 Å². The zero-order valence-electron chi connectivity index (χ0n) is 12.4. The second kappa shape index (κ2) is 7.04. The summed E-state index contributed by atoms with van der Waals surface area (Å²) in [6.07, 6.45) is 0.675. The number of hydrogen-bond donors (Lipinski definition) is 1. The first-order valence-electron chi connectivity index (χ1n) is 7.34. The molecule has 0 saturated carbocycles. The van der Waals surface area contributed by atoms with Gasteiger partial charge in [0, 0.05) is 26.2 Å². The summed E-state index contributed by atoms with van der Waals surface area (Å²) in [7, 11) is 0. The van der Waals surface area contributed by atoms with Crippen LogP contribution in [0.3, 0.4) is 0 Å². The molecule has 1 saturated heterocycles. The minimum Gasteiger partial charge on any atom is -0.373 e. The summed E-state index contributed by atoms with van der Waals surface area (Å²) in [6, 6.07) is 8.74. The van der Waals surface area contributed by atoms with Crippen LogP contribution in [0.4, 0.5) is 0 Å². The number of ether oxygens (including phenoxy) is 1. The van der Waals surface area contributed by atoms with Crippen molar-refractivity contribution in [3.63, 3.8) is 0 Å². The first-order valence-corrected chi connectivity index (χ1v) is 7.34.